The number of imidazole rings is 2. The van der Waals surface area contributed by atoms with Crippen molar-refractivity contribution in [1.29, 1.82) is 0 Å². The number of fused-ring (bicyclic) bond motifs is 4. The number of ether oxygens (including phenoxy) is 2. The molecule has 4 heterocycles. The minimum atomic E-state index is -0.710. The van der Waals surface area contributed by atoms with Crippen LogP contribution in [0.15, 0.2) is 72.8 Å². The Kier molecular flexibility index (Phi) is 14.0. The van der Waals surface area contributed by atoms with E-state index in [-0.39, 0.29) is 53.7 Å². The second-order valence-corrected chi connectivity index (χ2v) is 23.2. The first-order valence-corrected chi connectivity index (χ1v) is 27.8. The number of benzene rings is 4. The first kappa shape index (κ1) is 50.5. The van der Waals surface area contributed by atoms with E-state index < -0.39 is 24.3 Å². The first-order valence-electron chi connectivity index (χ1n) is 27.8. The smallest absolute Gasteiger partial charge is 0.407 e. The predicted molar refractivity (Wildman–Crippen MR) is 291 cm³/mol. The van der Waals surface area contributed by atoms with Crippen molar-refractivity contribution < 1.29 is 28.7 Å². The number of aromatic amines is 2. The second kappa shape index (κ2) is 20.8. The Morgan fingerprint density at radius 2 is 1.07 bits per heavy atom. The van der Waals surface area contributed by atoms with Crippen LogP contribution in [0.25, 0.3) is 44.3 Å². The molecule has 4 unspecified atom stereocenters. The van der Waals surface area contributed by atoms with Gasteiger partial charge in [-0.2, -0.15) is 0 Å². The van der Waals surface area contributed by atoms with Crippen LogP contribution in [0.1, 0.15) is 151 Å². The average Bonchev–Trinajstić information content (AvgIpc) is 4.22. The van der Waals surface area contributed by atoms with Gasteiger partial charge in [-0.25, -0.2) is 19.6 Å². The third kappa shape index (κ3) is 9.67. The van der Waals surface area contributed by atoms with Gasteiger partial charge >= 0.3 is 12.2 Å². The van der Waals surface area contributed by atoms with E-state index in [1.807, 2.05) is 27.7 Å². The third-order valence-corrected chi connectivity index (χ3v) is 17.8. The normalized spacial score (nSPS) is 24.2. The maximum absolute atomic E-state index is 14.6. The molecular weight excluding hydrogens is 941 g/mol. The quantitative estimate of drug-likeness (QED) is 0.105. The fraction of sp³-hybridized carbons (Fsp3) is 0.508. The molecule has 14 nitrogen and oxygen atoms in total. The van der Waals surface area contributed by atoms with Gasteiger partial charge in [0.15, 0.2) is 0 Å². The molecule has 75 heavy (non-hydrogen) atoms. The molecule has 14 heteroatoms. The molecule has 9 atom stereocenters. The summed E-state index contributed by atoms with van der Waals surface area (Å²) in [7, 11) is 2.66. The summed E-state index contributed by atoms with van der Waals surface area (Å²) in [6.45, 7) is 10.2. The van der Waals surface area contributed by atoms with Gasteiger partial charge in [-0.3, -0.25) is 9.59 Å². The average molecular weight is 1020 g/mol. The number of rotatable bonds is 10. The van der Waals surface area contributed by atoms with Crippen molar-refractivity contribution in [3.63, 3.8) is 0 Å². The lowest BCUT2D eigenvalue weighted by molar-refractivity contribution is -0.139. The molecule has 394 valence electrons. The Labute approximate surface area is 440 Å². The summed E-state index contributed by atoms with van der Waals surface area (Å²) in [5.41, 5.74) is 13.3. The fourth-order valence-electron chi connectivity index (χ4n) is 13.8. The van der Waals surface area contributed by atoms with Crippen LogP contribution >= 0.6 is 0 Å². The van der Waals surface area contributed by atoms with Crippen molar-refractivity contribution in [3.05, 3.63) is 107 Å². The van der Waals surface area contributed by atoms with Gasteiger partial charge in [-0.15, -0.1) is 0 Å². The highest BCUT2D eigenvalue weighted by Gasteiger charge is 2.50. The van der Waals surface area contributed by atoms with Crippen LogP contribution in [0.2, 0.25) is 0 Å². The van der Waals surface area contributed by atoms with Crippen LogP contribution in [0.3, 0.4) is 0 Å². The lowest BCUT2D eigenvalue weighted by atomic mass is 9.83. The largest absolute Gasteiger partial charge is 0.453 e. The highest BCUT2D eigenvalue weighted by atomic mass is 16.5. The zero-order valence-electron chi connectivity index (χ0n) is 44.7. The number of H-pyrrole nitrogens is 2. The molecule has 4 aromatic carbocycles. The SMILES string of the molecule is COC(=O)N[C@H](C(=O)N1C2CCCCC2C[C@H]1c1nc2cc(-c3cc4c(-c5ccc6[nH]c([C@@H]7CC8CCCCC8N7C(=O)[C@@H](NC(=O)OC)C(C)C)nc6c5)cc3CCc3ccc(cc3)[C@H](C)C4)ccc2[nH]1)C(C)C. The van der Waals surface area contributed by atoms with Gasteiger partial charge in [0, 0.05) is 12.1 Å². The molecule has 8 aliphatic rings. The number of hydrogen-bond acceptors (Lipinski definition) is 8. The Morgan fingerprint density at radius 1 is 0.600 bits per heavy atom. The Morgan fingerprint density at radius 3 is 1.55 bits per heavy atom. The second-order valence-electron chi connectivity index (χ2n) is 23.2. The fourth-order valence-corrected chi connectivity index (χ4v) is 13.8. The van der Waals surface area contributed by atoms with Gasteiger partial charge < -0.3 is 39.9 Å². The predicted octanol–water partition coefficient (Wildman–Crippen LogP) is 11.6. The number of nitrogens with one attached hydrogen (secondary N) is 4. The summed E-state index contributed by atoms with van der Waals surface area (Å²) < 4.78 is 9.92. The van der Waals surface area contributed by atoms with E-state index in [9.17, 15) is 19.2 Å². The highest BCUT2D eigenvalue weighted by molar-refractivity contribution is 5.90. The van der Waals surface area contributed by atoms with Crippen molar-refractivity contribution in [2.45, 2.75) is 160 Å². The molecular formula is C61H74N8O6. The summed E-state index contributed by atoms with van der Waals surface area (Å²) in [6, 6.07) is 25.4. The van der Waals surface area contributed by atoms with Gasteiger partial charge in [-0.05, 0) is 156 Å². The monoisotopic (exact) mass is 1010 g/mol. The Balaban J connectivity index is 0.952. The molecule has 6 aliphatic carbocycles. The molecule has 2 aromatic heterocycles. The first-order chi connectivity index (χ1) is 36.3. The van der Waals surface area contributed by atoms with Gasteiger partial charge in [0.05, 0.1) is 48.4 Å². The Bertz CT molecular complexity index is 3120. The van der Waals surface area contributed by atoms with Crippen molar-refractivity contribution in [1.82, 2.24) is 40.4 Å². The van der Waals surface area contributed by atoms with Crippen LogP contribution in [0, 0.1) is 23.7 Å². The lowest BCUT2D eigenvalue weighted by Gasteiger charge is -2.36. The number of hydrogen-bond donors (Lipinski definition) is 4. The van der Waals surface area contributed by atoms with E-state index in [2.05, 4.69) is 110 Å². The summed E-state index contributed by atoms with van der Waals surface area (Å²) in [6.07, 6.45) is 11.5. The van der Waals surface area contributed by atoms with Crippen LogP contribution in [0.5, 0.6) is 0 Å². The molecule has 4 bridgehead atoms. The van der Waals surface area contributed by atoms with Crippen LogP contribution < -0.4 is 10.6 Å². The number of amides is 4. The number of carbonyl (C=O) groups excluding carboxylic acids is 4. The van der Waals surface area contributed by atoms with Gasteiger partial charge in [-0.1, -0.05) is 109 Å². The van der Waals surface area contributed by atoms with Crippen LogP contribution in [-0.4, -0.2) is 92.1 Å². The maximum Gasteiger partial charge on any atom is 0.407 e. The molecule has 4 amide bonds. The molecule has 2 saturated heterocycles. The highest BCUT2D eigenvalue weighted by Crippen LogP contribution is 2.49. The number of carbonyl (C=O) groups is 4. The van der Waals surface area contributed by atoms with Gasteiger partial charge in [0.1, 0.15) is 23.7 Å². The van der Waals surface area contributed by atoms with E-state index >= 15 is 0 Å². The Hall–Kier alpha value is -6.70. The number of likely N-dealkylation sites (tertiary alicyclic amines) is 2. The van der Waals surface area contributed by atoms with Crippen molar-refractivity contribution >= 4 is 46.1 Å². The molecule has 4 fully saturated rings. The van der Waals surface area contributed by atoms with Gasteiger partial charge in [0.25, 0.3) is 0 Å². The summed E-state index contributed by atoms with van der Waals surface area (Å²) in [5, 5.41) is 5.70. The molecule has 2 saturated carbocycles. The van der Waals surface area contributed by atoms with E-state index in [1.165, 1.54) is 47.6 Å². The number of aromatic nitrogens is 4. The topological polar surface area (TPSA) is 175 Å². The number of alkyl carbamates (subject to hydrolysis) is 2. The number of aryl methyl sites for hydroxylation is 2. The zero-order valence-corrected chi connectivity index (χ0v) is 44.7. The molecule has 0 spiro atoms. The van der Waals surface area contributed by atoms with Crippen molar-refractivity contribution in [2.75, 3.05) is 14.2 Å². The minimum Gasteiger partial charge on any atom is -0.453 e. The standard InChI is InChI=1S/C61H74N8O6/c1-33(2)54(66-60(72)74-6)58(70)68-50-14-10-8-12-41(50)31-52(68)56-62-46-24-22-39(29-48(46)64-56)44-28-43-26-35(5)37-19-16-36(17-20-37)18-21-38(44)27-45(43)40-23-25-47-49(30-40)65-57(63-47)53-32-42-13-9-11-15-51(42)69(53)59(71)55(34(3)4)67-61(73)75-7/h16-17,19-20,22-25,27-30,33-35,41-42,50-55H,8-15,18,21,26,31-32H2,1-7H3,(H,62,64)(H,63,65)(H,66,72)(H,67,73)/t35-,41?,42?,50?,51?,52+,53+,54+,55+/m1/s1. The van der Waals surface area contributed by atoms with E-state index in [0.717, 1.165) is 128 Å². The van der Waals surface area contributed by atoms with Crippen LogP contribution in [-0.2, 0) is 38.3 Å². The van der Waals surface area contributed by atoms with Crippen LogP contribution in [0.4, 0.5) is 9.59 Å². The van der Waals surface area contributed by atoms with E-state index in [1.54, 1.807) is 0 Å². The minimum absolute atomic E-state index is 0.0760. The van der Waals surface area contributed by atoms with Crippen molar-refractivity contribution in [2.24, 2.45) is 23.7 Å². The zero-order chi connectivity index (χ0) is 52.2. The number of nitrogens with zero attached hydrogens (tertiary/aromatic N) is 4. The molecule has 14 rings (SSSR count). The summed E-state index contributed by atoms with van der Waals surface area (Å²) in [4.78, 5) is 76.3. The molecule has 2 aliphatic heterocycles. The number of methoxy groups -OCH3 is 2. The molecule has 0 radical (unpaired) electrons. The molecule has 4 N–H and O–H groups in total. The summed E-state index contributed by atoms with van der Waals surface area (Å²) in [5.74, 6) is 2.18. The lowest BCUT2D eigenvalue weighted by Crippen LogP contribution is -2.53. The van der Waals surface area contributed by atoms with E-state index in [4.69, 9.17) is 19.4 Å². The molecule has 6 aromatic rings. The third-order valence-electron chi connectivity index (χ3n) is 17.8. The van der Waals surface area contributed by atoms with Gasteiger partial charge in [0.2, 0.25) is 11.8 Å². The van der Waals surface area contributed by atoms with Crippen molar-refractivity contribution in [3.8, 4) is 22.3 Å². The maximum atomic E-state index is 14.6. The van der Waals surface area contributed by atoms with E-state index in [0.29, 0.717) is 11.8 Å². The summed E-state index contributed by atoms with van der Waals surface area (Å²) >= 11 is 0.